The molecule has 0 spiro atoms. The SMILES string of the molecule is CC(=O)N(c1nc(/C=C2\N=C(c3ccc(Cl)cc3Cl)OC2=O)cs1)c1ccccc1F. The van der Waals surface area contributed by atoms with E-state index >= 15 is 0 Å². The van der Waals surface area contributed by atoms with Crippen LogP contribution in [-0.2, 0) is 14.3 Å². The van der Waals surface area contributed by atoms with E-state index in [9.17, 15) is 14.0 Å². The zero-order valence-electron chi connectivity index (χ0n) is 15.8. The van der Waals surface area contributed by atoms with Gasteiger partial charge >= 0.3 is 5.97 Å². The Balaban J connectivity index is 1.66. The van der Waals surface area contributed by atoms with Crippen molar-refractivity contribution in [1.82, 2.24) is 4.98 Å². The molecule has 10 heteroatoms. The number of amides is 1. The molecular formula is C21H12Cl2FN3O3S. The third-order valence-electron chi connectivity index (χ3n) is 4.18. The molecule has 0 unspecified atom stereocenters. The fraction of sp³-hybridized carbons (Fsp3) is 0.0476. The largest absolute Gasteiger partial charge is 0.402 e. The Morgan fingerprint density at radius 3 is 2.71 bits per heavy atom. The average Bonchev–Trinajstić information content (AvgIpc) is 3.30. The number of hydrogen-bond acceptors (Lipinski definition) is 6. The van der Waals surface area contributed by atoms with E-state index in [1.165, 1.54) is 37.3 Å². The summed E-state index contributed by atoms with van der Waals surface area (Å²) in [5, 5.41) is 2.60. The molecule has 2 heterocycles. The van der Waals surface area contributed by atoms with Gasteiger partial charge in [-0.05, 0) is 36.4 Å². The number of esters is 1. The van der Waals surface area contributed by atoms with Gasteiger partial charge in [-0.25, -0.2) is 19.2 Å². The normalized spacial score (nSPS) is 14.5. The van der Waals surface area contributed by atoms with Gasteiger partial charge in [-0.3, -0.25) is 9.69 Å². The van der Waals surface area contributed by atoms with Crippen LogP contribution in [0.4, 0.5) is 15.2 Å². The molecule has 0 fully saturated rings. The molecule has 0 N–H and O–H groups in total. The second-order valence-electron chi connectivity index (χ2n) is 6.32. The monoisotopic (exact) mass is 475 g/mol. The highest BCUT2D eigenvalue weighted by molar-refractivity contribution is 7.14. The van der Waals surface area contributed by atoms with Crippen molar-refractivity contribution in [3.63, 3.8) is 0 Å². The van der Waals surface area contributed by atoms with Gasteiger partial charge in [0.25, 0.3) is 0 Å². The summed E-state index contributed by atoms with van der Waals surface area (Å²) < 4.78 is 19.4. The maximum absolute atomic E-state index is 14.2. The minimum Gasteiger partial charge on any atom is -0.402 e. The summed E-state index contributed by atoms with van der Waals surface area (Å²) in [7, 11) is 0. The summed E-state index contributed by atoms with van der Waals surface area (Å²) in [6, 6.07) is 10.6. The quantitative estimate of drug-likeness (QED) is 0.362. The number of thiazole rings is 1. The van der Waals surface area contributed by atoms with Gasteiger partial charge in [0.15, 0.2) is 10.8 Å². The summed E-state index contributed by atoms with van der Waals surface area (Å²) in [5.74, 6) is -1.59. The number of benzene rings is 2. The van der Waals surface area contributed by atoms with Gasteiger partial charge in [0.1, 0.15) is 5.82 Å². The number of rotatable bonds is 4. The van der Waals surface area contributed by atoms with E-state index in [1.807, 2.05) is 0 Å². The number of hydrogen-bond donors (Lipinski definition) is 0. The summed E-state index contributed by atoms with van der Waals surface area (Å²) in [5.41, 5.74) is 0.880. The second kappa shape index (κ2) is 8.58. The molecule has 0 atom stereocenters. The van der Waals surface area contributed by atoms with E-state index in [0.717, 1.165) is 16.2 Å². The van der Waals surface area contributed by atoms with E-state index in [-0.39, 0.29) is 22.4 Å². The van der Waals surface area contributed by atoms with E-state index in [0.29, 0.717) is 21.3 Å². The summed E-state index contributed by atoms with van der Waals surface area (Å²) in [6.45, 7) is 1.31. The van der Waals surface area contributed by atoms with Crippen molar-refractivity contribution in [2.24, 2.45) is 4.99 Å². The molecule has 0 saturated heterocycles. The maximum atomic E-state index is 14.2. The van der Waals surface area contributed by atoms with Crippen LogP contribution < -0.4 is 4.90 Å². The summed E-state index contributed by atoms with van der Waals surface area (Å²) in [4.78, 5) is 34.1. The van der Waals surface area contributed by atoms with Crippen LogP contribution in [0, 0.1) is 5.82 Å². The second-order valence-corrected chi connectivity index (χ2v) is 8.00. The minimum atomic E-state index is -0.673. The zero-order valence-corrected chi connectivity index (χ0v) is 18.1. The number of cyclic esters (lactones) is 1. The molecule has 0 radical (unpaired) electrons. The number of nitrogens with zero attached hydrogens (tertiary/aromatic N) is 3. The zero-order chi connectivity index (χ0) is 22.1. The van der Waals surface area contributed by atoms with Crippen LogP contribution >= 0.6 is 34.5 Å². The number of carbonyl (C=O) groups is 2. The van der Waals surface area contributed by atoms with Crippen molar-refractivity contribution in [2.75, 3.05) is 4.90 Å². The number of carbonyl (C=O) groups excluding carboxylic acids is 2. The van der Waals surface area contributed by atoms with Crippen molar-refractivity contribution < 1.29 is 18.7 Å². The molecule has 2 aromatic carbocycles. The molecule has 0 bridgehead atoms. The van der Waals surface area contributed by atoms with Crippen molar-refractivity contribution in [3.05, 3.63) is 80.7 Å². The predicted molar refractivity (Wildman–Crippen MR) is 118 cm³/mol. The van der Waals surface area contributed by atoms with E-state index in [2.05, 4.69) is 9.98 Å². The van der Waals surface area contributed by atoms with Gasteiger partial charge in [-0.15, -0.1) is 11.3 Å². The number of para-hydroxylation sites is 1. The number of anilines is 2. The topological polar surface area (TPSA) is 71.9 Å². The lowest BCUT2D eigenvalue weighted by molar-refractivity contribution is -0.130. The van der Waals surface area contributed by atoms with Crippen LogP contribution in [0.2, 0.25) is 10.0 Å². The van der Waals surface area contributed by atoms with Gasteiger partial charge < -0.3 is 4.74 Å². The highest BCUT2D eigenvalue weighted by Gasteiger charge is 2.26. The first-order chi connectivity index (χ1) is 14.8. The van der Waals surface area contributed by atoms with Gasteiger partial charge in [0.2, 0.25) is 11.8 Å². The number of halogens is 3. The maximum Gasteiger partial charge on any atom is 0.363 e. The first-order valence-electron chi connectivity index (χ1n) is 8.82. The molecule has 4 rings (SSSR count). The Morgan fingerprint density at radius 1 is 1.23 bits per heavy atom. The van der Waals surface area contributed by atoms with Crippen LogP contribution in [-0.4, -0.2) is 22.8 Å². The molecule has 0 aliphatic carbocycles. The molecule has 156 valence electrons. The van der Waals surface area contributed by atoms with Gasteiger partial charge in [0, 0.05) is 17.3 Å². The minimum absolute atomic E-state index is 0.0122. The molecule has 6 nitrogen and oxygen atoms in total. The Morgan fingerprint density at radius 2 is 2.00 bits per heavy atom. The van der Waals surface area contributed by atoms with Crippen LogP contribution in [0.25, 0.3) is 6.08 Å². The van der Waals surface area contributed by atoms with Crippen molar-refractivity contribution in [3.8, 4) is 0 Å². The number of ether oxygens (including phenoxy) is 1. The predicted octanol–water partition coefficient (Wildman–Crippen LogP) is 5.62. The molecule has 0 saturated carbocycles. The molecule has 1 aliphatic heterocycles. The highest BCUT2D eigenvalue weighted by atomic mass is 35.5. The standard InChI is InChI=1S/C21H12Cl2FN3O3S/c1-11(28)27(18-5-3-2-4-16(18)24)21-25-13(10-31-21)9-17-20(29)30-19(26-17)14-7-6-12(22)8-15(14)23/h2-10H,1H3/b17-9-. The first-order valence-corrected chi connectivity index (χ1v) is 10.5. The van der Waals surface area contributed by atoms with E-state index in [1.54, 1.807) is 23.6 Å². The molecular weight excluding hydrogens is 464 g/mol. The fourth-order valence-corrected chi connectivity index (χ4v) is 4.14. The smallest absolute Gasteiger partial charge is 0.363 e. The summed E-state index contributed by atoms with van der Waals surface area (Å²) >= 11 is 13.2. The van der Waals surface area contributed by atoms with Crippen LogP contribution in [0.5, 0.6) is 0 Å². The van der Waals surface area contributed by atoms with Crippen LogP contribution in [0.3, 0.4) is 0 Å². The highest BCUT2D eigenvalue weighted by Crippen LogP contribution is 2.32. The molecule has 1 aromatic heterocycles. The van der Waals surface area contributed by atoms with E-state index in [4.69, 9.17) is 27.9 Å². The Bertz CT molecular complexity index is 1270. The number of aromatic nitrogens is 1. The van der Waals surface area contributed by atoms with Crippen molar-refractivity contribution >= 4 is 69.2 Å². The van der Waals surface area contributed by atoms with Gasteiger partial charge in [0.05, 0.1) is 22.0 Å². The van der Waals surface area contributed by atoms with Crippen molar-refractivity contribution in [1.29, 1.82) is 0 Å². The molecule has 1 amide bonds. The number of aliphatic imine (C=N–C) groups is 1. The van der Waals surface area contributed by atoms with Gasteiger partial charge in [-0.2, -0.15) is 0 Å². The Hall–Kier alpha value is -3.07. The lowest BCUT2D eigenvalue weighted by Gasteiger charge is -2.18. The lowest BCUT2D eigenvalue weighted by Crippen LogP contribution is -2.23. The van der Waals surface area contributed by atoms with Crippen molar-refractivity contribution in [2.45, 2.75) is 6.92 Å². The average molecular weight is 476 g/mol. The van der Waals surface area contributed by atoms with Crippen LogP contribution in [0.15, 0.2) is 58.5 Å². The lowest BCUT2D eigenvalue weighted by atomic mass is 10.2. The molecule has 1 aliphatic rings. The third-order valence-corrected chi connectivity index (χ3v) is 5.57. The van der Waals surface area contributed by atoms with Crippen LogP contribution in [0.1, 0.15) is 18.2 Å². The Labute approximate surface area is 190 Å². The summed E-state index contributed by atoms with van der Waals surface area (Å²) in [6.07, 6.45) is 1.42. The first kappa shape index (κ1) is 21.2. The molecule has 31 heavy (non-hydrogen) atoms. The van der Waals surface area contributed by atoms with Gasteiger partial charge in [-0.1, -0.05) is 35.3 Å². The van der Waals surface area contributed by atoms with E-state index < -0.39 is 17.7 Å². The Kier molecular flexibility index (Phi) is 5.86. The fourth-order valence-electron chi connectivity index (χ4n) is 2.81. The molecule has 3 aromatic rings. The third kappa shape index (κ3) is 4.36.